The number of aliphatic hydroxyl groups is 1. The van der Waals surface area contributed by atoms with E-state index in [1.165, 1.54) is 90.0 Å². The third-order valence-corrected chi connectivity index (χ3v) is 5.53. The second-order valence-electron chi connectivity index (χ2n) is 7.68. The highest BCUT2D eigenvalue weighted by molar-refractivity contribution is 4.77. The van der Waals surface area contributed by atoms with E-state index in [1.807, 2.05) is 0 Å². The molecular formula is C21H43NO. The molecule has 0 aliphatic carbocycles. The predicted molar refractivity (Wildman–Crippen MR) is 102 cm³/mol. The lowest BCUT2D eigenvalue weighted by molar-refractivity contribution is 0.141. The maximum atomic E-state index is 9.91. The monoisotopic (exact) mass is 325 g/mol. The van der Waals surface area contributed by atoms with Crippen molar-refractivity contribution in [2.45, 2.75) is 122 Å². The highest BCUT2D eigenvalue weighted by atomic mass is 16.3. The maximum absolute atomic E-state index is 9.91. The summed E-state index contributed by atoms with van der Waals surface area (Å²) in [5, 5.41) is 9.91. The van der Waals surface area contributed by atoms with Crippen LogP contribution in [0.3, 0.4) is 0 Å². The minimum atomic E-state index is -0.0465. The van der Waals surface area contributed by atoms with Crippen molar-refractivity contribution >= 4 is 0 Å². The van der Waals surface area contributed by atoms with Crippen LogP contribution in [0.1, 0.15) is 110 Å². The van der Waals surface area contributed by atoms with Gasteiger partial charge in [0, 0.05) is 12.6 Å². The zero-order chi connectivity index (χ0) is 16.8. The summed E-state index contributed by atoms with van der Waals surface area (Å²) in [7, 11) is 0. The number of hydrogen-bond donors (Lipinski definition) is 1. The molecule has 0 aromatic carbocycles. The summed E-state index contributed by atoms with van der Waals surface area (Å²) in [5.74, 6) is 0. The molecule has 0 amide bonds. The fourth-order valence-electron chi connectivity index (χ4n) is 3.94. The summed E-state index contributed by atoms with van der Waals surface area (Å²) in [6.07, 6.45) is 19.8. The zero-order valence-corrected chi connectivity index (χ0v) is 16.1. The fourth-order valence-corrected chi connectivity index (χ4v) is 3.94. The van der Waals surface area contributed by atoms with Crippen molar-refractivity contribution in [1.29, 1.82) is 0 Å². The lowest BCUT2D eigenvalue weighted by Crippen LogP contribution is -2.36. The molecular weight excluding hydrogens is 282 g/mol. The third-order valence-electron chi connectivity index (χ3n) is 5.53. The van der Waals surface area contributed by atoms with Crippen molar-refractivity contribution < 1.29 is 5.11 Å². The topological polar surface area (TPSA) is 23.5 Å². The first-order valence-corrected chi connectivity index (χ1v) is 10.7. The molecule has 1 unspecified atom stereocenters. The van der Waals surface area contributed by atoms with E-state index in [4.69, 9.17) is 0 Å². The summed E-state index contributed by atoms with van der Waals surface area (Å²) in [6, 6.07) is 0.781. The van der Waals surface area contributed by atoms with E-state index in [0.29, 0.717) is 0 Å². The second-order valence-corrected chi connectivity index (χ2v) is 7.68. The van der Waals surface area contributed by atoms with Gasteiger partial charge in [0.25, 0.3) is 0 Å². The fraction of sp³-hybridized carbons (Fsp3) is 1.00. The predicted octanol–water partition coefficient (Wildman–Crippen LogP) is 5.92. The average Bonchev–Trinajstić information content (AvgIpc) is 2.77. The number of aliphatic hydroxyl groups excluding tert-OH is 1. The molecule has 1 rings (SSSR count). The SMILES string of the molecule is CCCCCCCC(CCCCCCC)N1CCCC(O)CC1. The molecule has 0 radical (unpaired) electrons. The van der Waals surface area contributed by atoms with Crippen LogP contribution in [-0.2, 0) is 0 Å². The van der Waals surface area contributed by atoms with Gasteiger partial charge in [-0.05, 0) is 38.6 Å². The summed E-state index contributed by atoms with van der Waals surface area (Å²) < 4.78 is 0. The number of nitrogens with zero attached hydrogens (tertiary/aromatic N) is 1. The van der Waals surface area contributed by atoms with E-state index in [9.17, 15) is 5.11 Å². The molecule has 0 aromatic heterocycles. The van der Waals surface area contributed by atoms with Gasteiger partial charge in [0.05, 0.1) is 6.10 Å². The van der Waals surface area contributed by atoms with Crippen LogP contribution in [0.25, 0.3) is 0 Å². The van der Waals surface area contributed by atoms with Crippen LogP contribution in [0.5, 0.6) is 0 Å². The van der Waals surface area contributed by atoms with E-state index in [2.05, 4.69) is 18.7 Å². The normalized spacial score (nSPS) is 20.1. The zero-order valence-electron chi connectivity index (χ0n) is 16.1. The summed E-state index contributed by atoms with van der Waals surface area (Å²) in [5.41, 5.74) is 0. The van der Waals surface area contributed by atoms with E-state index in [-0.39, 0.29) is 6.10 Å². The molecule has 23 heavy (non-hydrogen) atoms. The van der Waals surface area contributed by atoms with Crippen LogP contribution in [0.4, 0.5) is 0 Å². The number of rotatable bonds is 13. The van der Waals surface area contributed by atoms with Gasteiger partial charge < -0.3 is 10.0 Å². The highest BCUT2D eigenvalue weighted by Gasteiger charge is 2.21. The van der Waals surface area contributed by atoms with Crippen LogP contribution in [0, 0.1) is 0 Å². The van der Waals surface area contributed by atoms with Gasteiger partial charge in [0.1, 0.15) is 0 Å². The van der Waals surface area contributed by atoms with Crippen molar-refractivity contribution in [2.75, 3.05) is 13.1 Å². The van der Waals surface area contributed by atoms with Crippen molar-refractivity contribution in [3.8, 4) is 0 Å². The van der Waals surface area contributed by atoms with E-state index in [0.717, 1.165) is 25.4 Å². The van der Waals surface area contributed by atoms with Gasteiger partial charge in [-0.1, -0.05) is 78.1 Å². The van der Waals surface area contributed by atoms with Crippen molar-refractivity contribution in [1.82, 2.24) is 4.90 Å². The quantitative estimate of drug-likeness (QED) is 0.425. The molecule has 1 N–H and O–H groups in total. The van der Waals surface area contributed by atoms with E-state index >= 15 is 0 Å². The van der Waals surface area contributed by atoms with Gasteiger partial charge in [-0.15, -0.1) is 0 Å². The minimum absolute atomic E-state index is 0.0465. The Morgan fingerprint density at radius 1 is 0.783 bits per heavy atom. The van der Waals surface area contributed by atoms with Crippen molar-refractivity contribution in [3.05, 3.63) is 0 Å². The Labute approximate surface area is 146 Å². The Kier molecular flexibility index (Phi) is 13.0. The number of unbranched alkanes of at least 4 members (excludes halogenated alkanes) is 8. The molecule has 0 spiro atoms. The Hall–Kier alpha value is -0.0800. The first kappa shape index (κ1) is 21.0. The molecule has 1 fully saturated rings. The van der Waals surface area contributed by atoms with Gasteiger partial charge >= 0.3 is 0 Å². The summed E-state index contributed by atoms with van der Waals surface area (Å²) in [6.45, 7) is 6.92. The van der Waals surface area contributed by atoms with Crippen LogP contribution < -0.4 is 0 Å². The standard InChI is InChI=1S/C21H43NO/c1-3-5-7-9-11-14-20(15-12-10-8-6-4-2)22-18-13-16-21(23)17-19-22/h20-21,23H,3-19H2,1-2H3. The molecule has 2 nitrogen and oxygen atoms in total. The van der Waals surface area contributed by atoms with Gasteiger partial charge in [-0.3, -0.25) is 0 Å². The second kappa shape index (κ2) is 14.3. The van der Waals surface area contributed by atoms with Gasteiger partial charge in [0.15, 0.2) is 0 Å². The van der Waals surface area contributed by atoms with E-state index in [1.54, 1.807) is 0 Å². The molecule has 0 saturated carbocycles. The molecule has 1 heterocycles. The molecule has 2 heteroatoms. The Morgan fingerprint density at radius 3 is 1.91 bits per heavy atom. The average molecular weight is 326 g/mol. The maximum Gasteiger partial charge on any atom is 0.0553 e. The molecule has 1 atom stereocenters. The summed E-state index contributed by atoms with van der Waals surface area (Å²) in [4.78, 5) is 2.72. The molecule has 1 aliphatic rings. The molecule has 138 valence electrons. The lowest BCUT2D eigenvalue weighted by atomic mass is 9.99. The Balaban J connectivity index is 2.33. The minimum Gasteiger partial charge on any atom is -0.393 e. The number of likely N-dealkylation sites (tertiary alicyclic amines) is 1. The summed E-state index contributed by atoms with van der Waals surface area (Å²) >= 11 is 0. The smallest absolute Gasteiger partial charge is 0.0553 e. The molecule has 0 aromatic rings. The lowest BCUT2D eigenvalue weighted by Gasteiger charge is -2.31. The molecule has 1 aliphatic heterocycles. The molecule has 0 bridgehead atoms. The van der Waals surface area contributed by atoms with Crippen LogP contribution in [0.15, 0.2) is 0 Å². The van der Waals surface area contributed by atoms with E-state index < -0.39 is 0 Å². The first-order chi connectivity index (χ1) is 11.3. The largest absolute Gasteiger partial charge is 0.393 e. The highest BCUT2D eigenvalue weighted by Crippen LogP contribution is 2.22. The van der Waals surface area contributed by atoms with Crippen LogP contribution >= 0.6 is 0 Å². The van der Waals surface area contributed by atoms with Crippen LogP contribution in [0.2, 0.25) is 0 Å². The van der Waals surface area contributed by atoms with Gasteiger partial charge in [-0.25, -0.2) is 0 Å². The van der Waals surface area contributed by atoms with Gasteiger partial charge in [0.2, 0.25) is 0 Å². The number of hydrogen-bond acceptors (Lipinski definition) is 2. The van der Waals surface area contributed by atoms with Crippen molar-refractivity contribution in [2.24, 2.45) is 0 Å². The van der Waals surface area contributed by atoms with Crippen LogP contribution in [-0.4, -0.2) is 35.2 Å². The first-order valence-electron chi connectivity index (χ1n) is 10.7. The Morgan fingerprint density at radius 2 is 1.35 bits per heavy atom. The third kappa shape index (κ3) is 10.4. The van der Waals surface area contributed by atoms with Crippen molar-refractivity contribution in [3.63, 3.8) is 0 Å². The molecule has 1 saturated heterocycles. The van der Waals surface area contributed by atoms with Gasteiger partial charge in [-0.2, -0.15) is 0 Å². The Bertz CT molecular complexity index is 242.